The molecule has 3 aliphatic rings. The Morgan fingerprint density at radius 3 is 2.54 bits per heavy atom. The molecule has 2 saturated heterocycles. The molecule has 0 radical (unpaired) electrons. The summed E-state index contributed by atoms with van der Waals surface area (Å²) in [6.07, 6.45) is 4.75. The molecule has 0 unspecified atom stereocenters. The number of carbonyl (C=O) groups excluding carboxylic acids is 4. The lowest BCUT2D eigenvalue weighted by Gasteiger charge is -2.37. The Morgan fingerprint density at radius 2 is 1.86 bits per heavy atom. The van der Waals surface area contributed by atoms with Crippen LogP contribution in [0.3, 0.4) is 0 Å². The van der Waals surface area contributed by atoms with Crippen LogP contribution in [-0.4, -0.2) is 123 Å². The SMILES string of the molecule is C=C/C(=C\N[C@@H](N)N1CCN(CCCOc2cc3ncnc(Nc4n[nH]c(C)c4C)c3cc2S(=O)(=O)C(C)(C)C)CC1)C(=O)Nc1cccc2c1CN([C@H]1CCC(=O)NC1=O)C2=O. The van der Waals surface area contributed by atoms with Gasteiger partial charge in [0.25, 0.3) is 11.8 Å². The van der Waals surface area contributed by atoms with Crippen molar-refractivity contribution in [3.8, 4) is 5.75 Å². The van der Waals surface area contributed by atoms with Crippen molar-refractivity contribution in [2.75, 3.05) is 50.0 Å². The van der Waals surface area contributed by atoms with Crippen LogP contribution in [0.4, 0.5) is 17.3 Å². The molecule has 5 heterocycles. The van der Waals surface area contributed by atoms with Gasteiger partial charge in [-0.2, -0.15) is 5.10 Å². The van der Waals surface area contributed by atoms with E-state index in [1.807, 2.05) is 13.8 Å². The predicted octanol–water partition coefficient (Wildman–Crippen LogP) is 2.97. The molecule has 20 heteroatoms. The van der Waals surface area contributed by atoms with Crippen LogP contribution >= 0.6 is 0 Å². The zero-order valence-corrected chi connectivity index (χ0v) is 36.9. The second kappa shape index (κ2) is 18.2. The Hall–Kier alpha value is -6.22. The third-order valence-electron chi connectivity index (χ3n) is 11.7. The number of H-pyrrole nitrogens is 1. The van der Waals surface area contributed by atoms with E-state index >= 15 is 0 Å². The molecule has 7 N–H and O–H groups in total. The first kappa shape index (κ1) is 44.8. The van der Waals surface area contributed by atoms with Crippen molar-refractivity contribution in [3.05, 3.63) is 83.5 Å². The number of piperazine rings is 1. The van der Waals surface area contributed by atoms with Crippen molar-refractivity contribution in [1.82, 2.24) is 45.5 Å². The number of nitrogens with two attached hydrogens (primary N) is 1. The number of aryl methyl sites for hydroxylation is 1. The van der Waals surface area contributed by atoms with Gasteiger partial charge in [-0.05, 0) is 65.7 Å². The molecule has 4 amide bonds. The number of anilines is 3. The summed E-state index contributed by atoms with van der Waals surface area (Å²) >= 11 is 0. The average molecular weight is 883 g/mol. The molecule has 63 heavy (non-hydrogen) atoms. The molecule has 3 aliphatic heterocycles. The van der Waals surface area contributed by atoms with Gasteiger partial charge in [0, 0.05) is 91.4 Å². The second-order valence-corrected chi connectivity index (χ2v) is 19.5. The van der Waals surface area contributed by atoms with Gasteiger partial charge in [0.2, 0.25) is 11.8 Å². The minimum absolute atomic E-state index is 0.0648. The summed E-state index contributed by atoms with van der Waals surface area (Å²) in [7, 11) is -3.84. The molecule has 7 rings (SSSR count). The molecule has 334 valence electrons. The summed E-state index contributed by atoms with van der Waals surface area (Å²) in [5.41, 5.74) is 10.5. The number of piperidine rings is 1. The zero-order chi connectivity index (χ0) is 45.2. The highest BCUT2D eigenvalue weighted by Crippen LogP contribution is 2.38. The number of hydrogen-bond donors (Lipinski definition) is 6. The predicted molar refractivity (Wildman–Crippen MR) is 236 cm³/mol. The van der Waals surface area contributed by atoms with Crippen LogP contribution in [0.15, 0.2) is 66.0 Å². The van der Waals surface area contributed by atoms with Crippen molar-refractivity contribution in [2.24, 2.45) is 5.73 Å². The van der Waals surface area contributed by atoms with Crippen molar-refractivity contribution >= 4 is 61.7 Å². The van der Waals surface area contributed by atoms with Crippen LogP contribution in [0.1, 0.15) is 67.2 Å². The van der Waals surface area contributed by atoms with E-state index in [9.17, 15) is 27.6 Å². The third kappa shape index (κ3) is 9.43. The van der Waals surface area contributed by atoms with Crippen LogP contribution < -0.4 is 31.7 Å². The van der Waals surface area contributed by atoms with Crippen molar-refractivity contribution < 1.29 is 32.3 Å². The van der Waals surface area contributed by atoms with Crippen molar-refractivity contribution in [3.63, 3.8) is 0 Å². The van der Waals surface area contributed by atoms with Gasteiger partial charge in [-0.3, -0.25) is 40.2 Å². The third-order valence-corrected chi connectivity index (χ3v) is 14.2. The summed E-state index contributed by atoms with van der Waals surface area (Å²) in [5, 5.41) is 19.3. The summed E-state index contributed by atoms with van der Waals surface area (Å²) in [5.74, 6) is -0.431. The molecule has 4 aromatic rings. The lowest BCUT2D eigenvalue weighted by atomic mass is 10.0. The van der Waals surface area contributed by atoms with Gasteiger partial charge in [-0.1, -0.05) is 18.7 Å². The second-order valence-electron chi connectivity index (χ2n) is 16.8. The molecule has 0 spiro atoms. The Morgan fingerprint density at radius 1 is 1.10 bits per heavy atom. The number of aromatic nitrogens is 4. The Bertz CT molecular complexity index is 2600. The molecular formula is C43H54N12O7S. The zero-order valence-electron chi connectivity index (χ0n) is 36.1. The number of hydrogen-bond acceptors (Lipinski definition) is 15. The number of ether oxygens (including phenoxy) is 1. The van der Waals surface area contributed by atoms with E-state index in [-0.39, 0.29) is 54.0 Å². The van der Waals surface area contributed by atoms with Gasteiger partial charge >= 0.3 is 0 Å². The molecule has 2 aromatic heterocycles. The Kier molecular flexibility index (Phi) is 13.0. The van der Waals surface area contributed by atoms with Crippen molar-refractivity contribution in [1.29, 1.82) is 0 Å². The van der Waals surface area contributed by atoms with Crippen LogP contribution in [0, 0.1) is 13.8 Å². The molecule has 2 fully saturated rings. The first-order valence-electron chi connectivity index (χ1n) is 20.8. The fourth-order valence-corrected chi connectivity index (χ4v) is 8.98. The van der Waals surface area contributed by atoms with Gasteiger partial charge in [0.05, 0.1) is 22.4 Å². The highest BCUT2D eigenvalue weighted by molar-refractivity contribution is 7.92. The topological polar surface area (TPSA) is 250 Å². The lowest BCUT2D eigenvalue weighted by Crippen LogP contribution is -2.57. The minimum atomic E-state index is -3.84. The summed E-state index contributed by atoms with van der Waals surface area (Å²) in [6, 6.07) is 7.46. The Balaban J connectivity index is 0.914. The summed E-state index contributed by atoms with van der Waals surface area (Å²) in [6.45, 7) is 16.5. The first-order chi connectivity index (χ1) is 30.0. The number of benzene rings is 2. The monoisotopic (exact) mass is 882 g/mol. The fourth-order valence-electron chi connectivity index (χ4n) is 7.67. The van der Waals surface area contributed by atoms with E-state index in [0.29, 0.717) is 65.4 Å². The van der Waals surface area contributed by atoms with Gasteiger partial charge in [0.15, 0.2) is 15.7 Å². The van der Waals surface area contributed by atoms with E-state index in [1.54, 1.807) is 51.1 Å². The van der Waals surface area contributed by atoms with Crippen LogP contribution in [0.2, 0.25) is 0 Å². The quantitative estimate of drug-likeness (QED) is 0.0330. The maximum absolute atomic E-state index is 13.9. The number of sulfone groups is 1. The Labute approximate surface area is 365 Å². The number of imide groups is 1. The van der Waals surface area contributed by atoms with Gasteiger partial charge in [-0.15, -0.1) is 0 Å². The average Bonchev–Trinajstić information content (AvgIpc) is 3.75. The maximum atomic E-state index is 13.9. The molecule has 2 aromatic carbocycles. The smallest absolute Gasteiger partial charge is 0.257 e. The number of aromatic amines is 1. The van der Waals surface area contributed by atoms with Gasteiger partial charge < -0.3 is 30.5 Å². The number of rotatable bonds is 15. The van der Waals surface area contributed by atoms with E-state index in [2.05, 4.69) is 57.8 Å². The van der Waals surface area contributed by atoms with E-state index in [4.69, 9.17) is 10.5 Å². The molecule has 0 bridgehead atoms. The van der Waals surface area contributed by atoms with Crippen LogP contribution in [-0.2, 0) is 30.8 Å². The van der Waals surface area contributed by atoms with Crippen LogP contribution in [0.5, 0.6) is 5.75 Å². The van der Waals surface area contributed by atoms with E-state index in [1.165, 1.54) is 23.5 Å². The van der Waals surface area contributed by atoms with E-state index < -0.39 is 38.7 Å². The molecule has 2 atom stereocenters. The fraction of sp³-hybridized carbons (Fsp3) is 0.419. The number of nitrogens with zero attached hydrogens (tertiary/aromatic N) is 6. The molecule has 19 nitrogen and oxygen atoms in total. The summed E-state index contributed by atoms with van der Waals surface area (Å²) < 4.78 is 32.9. The highest BCUT2D eigenvalue weighted by Gasteiger charge is 2.40. The van der Waals surface area contributed by atoms with Crippen LogP contribution in [0.25, 0.3) is 10.9 Å². The molecular weight excluding hydrogens is 829 g/mol. The number of nitrogens with one attached hydrogen (secondary N) is 5. The molecule has 0 aliphatic carbocycles. The number of carbonyl (C=O) groups is 4. The largest absolute Gasteiger partial charge is 0.492 e. The van der Waals surface area contributed by atoms with E-state index in [0.717, 1.165) is 24.3 Å². The highest BCUT2D eigenvalue weighted by atomic mass is 32.2. The molecule has 0 saturated carbocycles. The standard InChI is InChI=1S/C43H54N12O7S/c1-7-27(39(57)48-31-11-8-10-28-30(31)23-55(41(28)59)33-12-13-36(56)49-40(33)58)22-45-42(44)54-17-15-53(16-18-54)14-9-19-62-34-21-32-29(20-35(34)63(60,61)43(4,5)6)38(47-24-46-32)50-37-25(2)26(3)51-52-37/h7-8,10-11,20-22,24,33,42,45H,1,9,12-19,23,44H2,2-6H3,(H,48,57)(H,49,56,58)(H2,46,47,50,51,52)/b27-22+/t33-,42+/m0/s1. The summed E-state index contributed by atoms with van der Waals surface area (Å²) in [4.78, 5) is 65.5. The maximum Gasteiger partial charge on any atom is 0.257 e. The number of fused-ring (bicyclic) bond motifs is 2. The number of amides is 4. The first-order valence-corrected chi connectivity index (χ1v) is 22.3. The normalized spacial score (nSPS) is 18.3. The van der Waals surface area contributed by atoms with Gasteiger partial charge in [0.1, 0.15) is 35.1 Å². The minimum Gasteiger partial charge on any atom is -0.492 e. The van der Waals surface area contributed by atoms with Crippen molar-refractivity contribution in [2.45, 2.75) is 82.4 Å². The lowest BCUT2D eigenvalue weighted by molar-refractivity contribution is -0.137. The van der Waals surface area contributed by atoms with Gasteiger partial charge in [-0.25, -0.2) is 18.4 Å².